The van der Waals surface area contributed by atoms with Crippen LogP contribution >= 0.6 is 0 Å². The summed E-state index contributed by atoms with van der Waals surface area (Å²) in [6.45, 7) is 6.26. The lowest BCUT2D eigenvalue weighted by Crippen LogP contribution is -2.53. The molecule has 1 saturated carbocycles. The molecule has 1 aromatic carbocycles. The van der Waals surface area contributed by atoms with Gasteiger partial charge in [0.05, 0.1) is 35.7 Å². The number of sulfonamides is 1. The molecule has 10 nitrogen and oxygen atoms in total. The average molecular weight is 518 g/mol. The van der Waals surface area contributed by atoms with Gasteiger partial charge in [-0.05, 0) is 43.4 Å². The molecule has 36 heavy (non-hydrogen) atoms. The minimum absolute atomic E-state index is 0.0586. The molecule has 5 rings (SSSR count). The zero-order chi connectivity index (χ0) is 25.5. The molecule has 2 unspecified atom stereocenters. The van der Waals surface area contributed by atoms with E-state index >= 15 is 0 Å². The summed E-state index contributed by atoms with van der Waals surface area (Å²) < 4.78 is 35.1. The van der Waals surface area contributed by atoms with Gasteiger partial charge in [-0.2, -0.15) is 4.31 Å². The third kappa shape index (κ3) is 4.20. The highest BCUT2D eigenvalue weighted by molar-refractivity contribution is 7.89. The Morgan fingerprint density at radius 1 is 1.19 bits per heavy atom. The number of carbonyl (C=O) groups is 2. The summed E-state index contributed by atoms with van der Waals surface area (Å²) in [5.74, 6) is 0.493. The predicted octanol–water partition coefficient (Wildman–Crippen LogP) is 2.86. The minimum Gasteiger partial charge on any atom is -0.379 e. The van der Waals surface area contributed by atoms with Crippen LogP contribution in [0.3, 0.4) is 0 Å². The number of imide groups is 1. The largest absolute Gasteiger partial charge is 0.379 e. The average Bonchev–Trinajstić information content (AvgIpc) is 3.34. The number of imidazole rings is 1. The van der Waals surface area contributed by atoms with Gasteiger partial charge in [0.2, 0.25) is 10.0 Å². The van der Waals surface area contributed by atoms with Crippen molar-refractivity contribution in [3.63, 3.8) is 0 Å². The molecule has 1 aliphatic carbocycles. The molecule has 1 spiro atoms. The fourth-order valence-electron chi connectivity index (χ4n) is 5.72. The maximum atomic E-state index is 13.5. The minimum atomic E-state index is -3.66. The molecular formula is C25H35N5O5S. The Morgan fingerprint density at radius 3 is 2.69 bits per heavy atom. The molecule has 3 aliphatic rings. The van der Waals surface area contributed by atoms with Crippen LogP contribution in [0.4, 0.5) is 4.79 Å². The van der Waals surface area contributed by atoms with Gasteiger partial charge in [-0.15, -0.1) is 0 Å². The number of hydrogen-bond donors (Lipinski definition) is 1. The van der Waals surface area contributed by atoms with Crippen molar-refractivity contribution in [2.75, 3.05) is 26.3 Å². The van der Waals surface area contributed by atoms with Gasteiger partial charge >= 0.3 is 6.03 Å². The summed E-state index contributed by atoms with van der Waals surface area (Å²) in [5, 5.41) is 3.01. The van der Waals surface area contributed by atoms with Gasteiger partial charge in [0.25, 0.3) is 5.91 Å². The number of ether oxygens (including phenoxy) is 1. The third-order valence-corrected chi connectivity index (χ3v) is 9.84. The molecule has 2 atom stereocenters. The fourth-order valence-corrected chi connectivity index (χ4v) is 7.15. The van der Waals surface area contributed by atoms with Crippen LogP contribution < -0.4 is 5.32 Å². The molecule has 3 amide bonds. The van der Waals surface area contributed by atoms with E-state index in [0.29, 0.717) is 50.6 Å². The molecule has 0 bridgehead atoms. The van der Waals surface area contributed by atoms with Crippen molar-refractivity contribution in [2.24, 2.45) is 5.92 Å². The highest BCUT2D eigenvalue weighted by Gasteiger charge is 2.55. The van der Waals surface area contributed by atoms with Gasteiger partial charge in [0, 0.05) is 19.6 Å². The lowest BCUT2D eigenvalue weighted by molar-refractivity contribution is -0.134. The number of carbonyl (C=O) groups excluding carboxylic acids is 2. The second-order valence-electron chi connectivity index (χ2n) is 10.1. The van der Waals surface area contributed by atoms with E-state index in [1.54, 1.807) is 18.2 Å². The zero-order valence-corrected chi connectivity index (χ0v) is 21.8. The SMILES string of the molecule is CCCCn1c(CN2C(=O)NC3(CCCCC3C)C2=O)nc2cc(S(=O)(=O)N3CCOCC3)ccc21. The van der Waals surface area contributed by atoms with E-state index in [2.05, 4.69) is 12.2 Å². The number of morpholine rings is 1. The van der Waals surface area contributed by atoms with Crippen LogP contribution in [-0.2, 0) is 32.6 Å². The monoisotopic (exact) mass is 517 g/mol. The summed E-state index contributed by atoms with van der Waals surface area (Å²) >= 11 is 0. The van der Waals surface area contributed by atoms with Crippen molar-refractivity contribution in [1.82, 2.24) is 24.1 Å². The topological polar surface area (TPSA) is 114 Å². The van der Waals surface area contributed by atoms with Gasteiger partial charge in [-0.1, -0.05) is 33.1 Å². The second kappa shape index (κ2) is 9.75. The predicted molar refractivity (Wildman–Crippen MR) is 134 cm³/mol. The quantitative estimate of drug-likeness (QED) is 0.565. The number of fused-ring (bicyclic) bond motifs is 1. The van der Waals surface area contributed by atoms with Crippen LogP contribution in [0.1, 0.15) is 58.2 Å². The number of unbranched alkanes of at least 4 members (excludes halogenated alkanes) is 1. The van der Waals surface area contributed by atoms with Gasteiger partial charge in [-0.3, -0.25) is 9.69 Å². The molecular weight excluding hydrogens is 482 g/mol. The lowest BCUT2D eigenvalue weighted by Gasteiger charge is -2.36. The Morgan fingerprint density at radius 2 is 1.97 bits per heavy atom. The summed E-state index contributed by atoms with van der Waals surface area (Å²) in [6, 6.07) is 4.63. The molecule has 0 radical (unpaired) electrons. The van der Waals surface area contributed by atoms with Crippen molar-refractivity contribution in [2.45, 2.75) is 75.9 Å². The molecule has 2 aromatic rings. The molecule has 3 heterocycles. The first-order valence-electron chi connectivity index (χ1n) is 13.0. The van der Waals surface area contributed by atoms with Gasteiger partial charge in [-0.25, -0.2) is 18.2 Å². The van der Waals surface area contributed by atoms with Crippen LogP contribution in [0.2, 0.25) is 0 Å². The van der Waals surface area contributed by atoms with E-state index in [1.165, 1.54) is 9.21 Å². The number of amides is 3. The Hall–Kier alpha value is -2.50. The Kier molecular flexibility index (Phi) is 6.82. The first-order valence-corrected chi connectivity index (χ1v) is 14.4. The van der Waals surface area contributed by atoms with E-state index in [4.69, 9.17) is 9.72 Å². The molecule has 3 fully saturated rings. The molecule has 1 aromatic heterocycles. The number of nitrogens with one attached hydrogen (secondary N) is 1. The summed E-state index contributed by atoms with van der Waals surface area (Å²) in [7, 11) is -3.66. The number of hydrogen-bond acceptors (Lipinski definition) is 6. The van der Waals surface area contributed by atoms with Crippen molar-refractivity contribution in [1.29, 1.82) is 0 Å². The molecule has 11 heteroatoms. The first kappa shape index (κ1) is 25.2. The maximum Gasteiger partial charge on any atom is 0.325 e. The van der Waals surface area contributed by atoms with Crippen molar-refractivity contribution < 1.29 is 22.7 Å². The standard InChI is InChI=1S/C25H35N5O5S/c1-3-4-11-29-21-9-8-19(36(33,34)28-12-14-35-15-13-28)16-20(21)26-22(29)17-30-23(31)25(27-24(30)32)10-6-5-7-18(25)2/h8-9,16,18H,3-7,10-15,17H2,1-2H3,(H,27,32). The van der Waals surface area contributed by atoms with Crippen LogP contribution in [-0.4, -0.2) is 71.0 Å². The van der Waals surface area contributed by atoms with Gasteiger partial charge in [0.15, 0.2) is 0 Å². The highest BCUT2D eigenvalue weighted by atomic mass is 32.2. The van der Waals surface area contributed by atoms with Crippen LogP contribution in [0, 0.1) is 5.92 Å². The van der Waals surface area contributed by atoms with Crippen molar-refractivity contribution in [3.05, 3.63) is 24.0 Å². The van der Waals surface area contributed by atoms with E-state index in [-0.39, 0.29) is 29.3 Å². The maximum absolute atomic E-state index is 13.5. The Bertz CT molecular complexity index is 1270. The third-order valence-electron chi connectivity index (χ3n) is 7.94. The smallest absolute Gasteiger partial charge is 0.325 e. The number of aryl methyl sites for hydroxylation is 1. The molecule has 1 N–H and O–H groups in total. The Labute approximate surface area is 212 Å². The van der Waals surface area contributed by atoms with Crippen LogP contribution in [0.5, 0.6) is 0 Å². The van der Waals surface area contributed by atoms with E-state index in [9.17, 15) is 18.0 Å². The lowest BCUT2D eigenvalue weighted by atomic mass is 9.73. The number of rotatable bonds is 7. The van der Waals surface area contributed by atoms with Crippen molar-refractivity contribution >= 4 is 33.0 Å². The normalized spacial score (nSPS) is 25.7. The second-order valence-corrected chi connectivity index (χ2v) is 12.1. The number of urea groups is 1. The zero-order valence-electron chi connectivity index (χ0n) is 21.0. The summed E-state index contributed by atoms with van der Waals surface area (Å²) in [5.41, 5.74) is 0.519. The summed E-state index contributed by atoms with van der Waals surface area (Å²) in [6.07, 6.45) is 5.41. The highest BCUT2D eigenvalue weighted by Crippen LogP contribution is 2.38. The number of benzene rings is 1. The van der Waals surface area contributed by atoms with E-state index in [1.807, 2.05) is 11.5 Å². The fraction of sp³-hybridized carbons (Fsp3) is 0.640. The first-order chi connectivity index (χ1) is 17.3. The summed E-state index contributed by atoms with van der Waals surface area (Å²) in [4.78, 5) is 32.7. The molecule has 2 saturated heterocycles. The molecule has 2 aliphatic heterocycles. The van der Waals surface area contributed by atoms with Gasteiger partial charge in [0.1, 0.15) is 11.4 Å². The van der Waals surface area contributed by atoms with Crippen LogP contribution in [0.15, 0.2) is 23.1 Å². The van der Waals surface area contributed by atoms with E-state index < -0.39 is 15.6 Å². The van der Waals surface area contributed by atoms with Crippen molar-refractivity contribution in [3.8, 4) is 0 Å². The van der Waals surface area contributed by atoms with Crippen LogP contribution in [0.25, 0.3) is 11.0 Å². The molecule has 196 valence electrons. The number of aromatic nitrogens is 2. The van der Waals surface area contributed by atoms with E-state index in [0.717, 1.165) is 37.6 Å². The number of nitrogens with zero attached hydrogens (tertiary/aromatic N) is 4. The van der Waals surface area contributed by atoms with Gasteiger partial charge < -0.3 is 14.6 Å². The Balaban J connectivity index is 1.48.